The smallest absolute Gasteiger partial charge is 0.251 e. The minimum atomic E-state index is -0.567. The van der Waals surface area contributed by atoms with Crippen LogP contribution in [0.4, 0.5) is 11.4 Å². The Morgan fingerprint density at radius 2 is 1.59 bits per heavy atom. The number of primary amides is 1. The van der Waals surface area contributed by atoms with Crippen LogP contribution in [0.1, 0.15) is 41.5 Å². The van der Waals surface area contributed by atoms with Crippen LogP contribution in [-0.2, 0) is 4.79 Å². The summed E-state index contributed by atoms with van der Waals surface area (Å²) >= 11 is 0. The second kappa shape index (κ2) is 8.35. The molecular formula is C20H24N4O3. The Hall–Kier alpha value is -3.35. The summed E-state index contributed by atoms with van der Waals surface area (Å²) in [6, 6.07) is 13.3. The zero-order valence-corrected chi connectivity index (χ0v) is 15.6. The molecule has 2 aromatic carbocycles. The molecule has 2 aromatic rings. The number of hydrogen-bond acceptors (Lipinski definition) is 4. The number of hydrogen-bond donors (Lipinski definition) is 4. The quantitative estimate of drug-likeness (QED) is 0.627. The van der Waals surface area contributed by atoms with Gasteiger partial charge in [0.05, 0.1) is 12.1 Å². The number of carbonyl (C=O) groups is 3. The summed E-state index contributed by atoms with van der Waals surface area (Å²) in [4.78, 5) is 35.6. The first-order valence-electron chi connectivity index (χ1n) is 8.51. The molecule has 0 saturated carbocycles. The molecule has 0 bridgehead atoms. The van der Waals surface area contributed by atoms with E-state index in [2.05, 4.69) is 16.0 Å². The second-order valence-corrected chi connectivity index (χ2v) is 7.09. The summed E-state index contributed by atoms with van der Waals surface area (Å²) < 4.78 is 0. The molecule has 0 heterocycles. The standard InChI is InChI=1S/C20H24N4O3/c1-20(2,3)24-19(27)13-8-10-14(11-9-13)23-17(25)12-22-16-7-5-4-6-15(16)18(21)26/h4-11,22H,12H2,1-3H3,(H2,21,26)(H,23,25)(H,24,27). The summed E-state index contributed by atoms with van der Waals surface area (Å²) in [5, 5.41) is 8.49. The third kappa shape index (κ3) is 6.14. The van der Waals surface area contributed by atoms with E-state index in [4.69, 9.17) is 5.73 Å². The van der Waals surface area contributed by atoms with Gasteiger partial charge in [-0.3, -0.25) is 14.4 Å². The van der Waals surface area contributed by atoms with Gasteiger partial charge in [0, 0.05) is 22.5 Å². The van der Waals surface area contributed by atoms with E-state index in [0.717, 1.165) is 0 Å². The van der Waals surface area contributed by atoms with Gasteiger partial charge in [0.2, 0.25) is 5.91 Å². The molecule has 7 nitrogen and oxygen atoms in total. The van der Waals surface area contributed by atoms with Gasteiger partial charge in [-0.1, -0.05) is 12.1 Å². The van der Waals surface area contributed by atoms with Crippen molar-refractivity contribution in [3.05, 3.63) is 59.7 Å². The van der Waals surface area contributed by atoms with Crippen molar-refractivity contribution < 1.29 is 14.4 Å². The highest BCUT2D eigenvalue weighted by atomic mass is 16.2. The van der Waals surface area contributed by atoms with E-state index in [0.29, 0.717) is 22.5 Å². The van der Waals surface area contributed by atoms with Crippen LogP contribution in [0.3, 0.4) is 0 Å². The largest absolute Gasteiger partial charge is 0.376 e. The fraction of sp³-hybridized carbons (Fsp3) is 0.250. The van der Waals surface area contributed by atoms with Crippen LogP contribution in [-0.4, -0.2) is 29.8 Å². The number of benzene rings is 2. The van der Waals surface area contributed by atoms with Gasteiger partial charge in [0.15, 0.2) is 0 Å². The maximum Gasteiger partial charge on any atom is 0.251 e. The topological polar surface area (TPSA) is 113 Å². The molecular weight excluding hydrogens is 344 g/mol. The van der Waals surface area contributed by atoms with Gasteiger partial charge in [0.1, 0.15) is 0 Å². The number of rotatable bonds is 6. The Labute approximate surface area is 158 Å². The minimum Gasteiger partial charge on any atom is -0.376 e. The van der Waals surface area contributed by atoms with Crippen LogP contribution in [0.5, 0.6) is 0 Å². The summed E-state index contributed by atoms with van der Waals surface area (Å²) in [6.45, 7) is 5.69. The van der Waals surface area contributed by atoms with E-state index < -0.39 is 5.91 Å². The Morgan fingerprint density at radius 1 is 0.963 bits per heavy atom. The van der Waals surface area contributed by atoms with Gasteiger partial charge in [-0.25, -0.2) is 0 Å². The average Bonchev–Trinajstić information content (AvgIpc) is 2.59. The molecule has 0 aliphatic carbocycles. The van der Waals surface area contributed by atoms with Crippen LogP contribution in [0, 0.1) is 0 Å². The maximum atomic E-state index is 12.1. The number of nitrogens with two attached hydrogens (primary N) is 1. The van der Waals surface area contributed by atoms with Crippen molar-refractivity contribution in [3.8, 4) is 0 Å². The normalized spacial score (nSPS) is 10.8. The average molecular weight is 368 g/mol. The minimum absolute atomic E-state index is 0.0312. The van der Waals surface area contributed by atoms with E-state index in [1.54, 1.807) is 48.5 Å². The first-order chi connectivity index (χ1) is 12.7. The molecule has 27 heavy (non-hydrogen) atoms. The van der Waals surface area contributed by atoms with Crippen molar-refractivity contribution in [2.75, 3.05) is 17.2 Å². The van der Waals surface area contributed by atoms with Gasteiger partial charge >= 0.3 is 0 Å². The molecule has 3 amide bonds. The first-order valence-corrected chi connectivity index (χ1v) is 8.51. The molecule has 0 fully saturated rings. The van der Waals surface area contributed by atoms with E-state index in [9.17, 15) is 14.4 Å². The number of amides is 3. The lowest BCUT2D eigenvalue weighted by molar-refractivity contribution is -0.114. The third-order valence-corrected chi connectivity index (χ3v) is 3.55. The Balaban J connectivity index is 1.93. The molecule has 142 valence electrons. The predicted molar refractivity (Wildman–Crippen MR) is 106 cm³/mol. The molecule has 0 spiro atoms. The number of para-hydroxylation sites is 1. The Kier molecular flexibility index (Phi) is 6.18. The van der Waals surface area contributed by atoms with Crippen molar-refractivity contribution in [2.45, 2.75) is 26.3 Å². The van der Waals surface area contributed by atoms with Gasteiger partial charge in [-0.15, -0.1) is 0 Å². The second-order valence-electron chi connectivity index (χ2n) is 7.09. The van der Waals surface area contributed by atoms with Crippen molar-refractivity contribution in [2.24, 2.45) is 5.73 Å². The van der Waals surface area contributed by atoms with Crippen molar-refractivity contribution in [1.82, 2.24) is 5.32 Å². The summed E-state index contributed by atoms with van der Waals surface area (Å²) in [5.41, 5.74) is 6.88. The van der Waals surface area contributed by atoms with E-state index in [-0.39, 0.29) is 23.9 Å². The molecule has 0 aliphatic rings. The number of carbonyl (C=O) groups excluding carboxylic acids is 3. The molecule has 0 saturated heterocycles. The van der Waals surface area contributed by atoms with Crippen LogP contribution in [0.2, 0.25) is 0 Å². The van der Waals surface area contributed by atoms with Gasteiger partial charge in [-0.2, -0.15) is 0 Å². The lowest BCUT2D eigenvalue weighted by atomic mass is 10.1. The van der Waals surface area contributed by atoms with Crippen molar-refractivity contribution in [3.63, 3.8) is 0 Å². The fourth-order valence-corrected chi connectivity index (χ4v) is 2.35. The molecule has 5 N–H and O–H groups in total. The molecule has 0 aliphatic heterocycles. The molecule has 0 aromatic heterocycles. The zero-order chi connectivity index (χ0) is 20.0. The van der Waals surface area contributed by atoms with E-state index >= 15 is 0 Å². The molecule has 0 unspecified atom stereocenters. The highest BCUT2D eigenvalue weighted by molar-refractivity contribution is 6.00. The number of anilines is 2. The lowest BCUT2D eigenvalue weighted by Crippen LogP contribution is -2.40. The summed E-state index contributed by atoms with van der Waals surface area (Å²) in [5.74, 6) is -1.03. The van der Waals surface area contributed by atoms with Gasteiger partial charge in [0.25, 0.3) is 11.8 Å². The number of nitrogens with one attached hydrogen (secondary N) is 3. The van der Waals surface area contributed by atoms with Crippen molar-refractivity contribution >= 4 is 29.1 Å². The third-order valence-electron chi connectivity index (χ3n) is 3.55. The van der Waals surface area contributed by atoms with Crippen molar-refractivity contribution in [1.29, 1.82) is 0 Å². The molecule has 0 atom stereocenters. The monoisotopic (exact) mass is 368 g/mol. The van der Waals surface area contributed by atoms with Crippen LogP contribution >= 0.6 is 0 Å². The lowest BCUT2D eigenvalue weighted by Gasteiger charge is -2.20. The first kappa shape index (κ1) is 20.0. The fourth-order valence-electron chi connectivity index (χ4n) is 2.35. The highest BCUT2D eigenvalue weighted by Crippen LogP contribution is 2.14. The maximum absolute atomic E-state index is 12.1. The Morgan fingerprint density at radius 3 is 2.19 bits per heavy atom. The predicted octanol–water partition coefficient (Wildman–Crippen LogP) is 2.36. The van der Waals surface area contributed by atoms with Crippen LogP contribution in [0.15, 0.2) is 48.5 Å². The van der Waals surface area contributed by atoms with Crippen LogP contribution < -0.4 is 21.7 Å². The summed E-state index contributed by atoms with van der Waals surface area (Å²) in [7, 11) is 0. The van der Waals surface area contributed by atoms with Gasteiger partial charge < -0.3 is 21.7 Å². The molecule has 7 heteroatoms. The highest BCUT2D eigenvalue weighted by Gasteiger charge is 2.15. The summed E-state index contributed by atoms with van der Waals surface area (Å²) in [6.07, 6.45) is 0. The Bertz CT molecular complexity index is 839. The van der Waals surface area contributed by atoms with Gasteiger partial charge in [-0.05, 0) is 57.2 Å². The van der Waals surface area contributed by atoms with E-state index in [1.807, 2.05) is 20.8 Å². The van der Waals surface area contributed by atoms with E-state index in [1.165, 1.54) is 0 Å². The zero-order valence-electron chi connectivity index (χ0n) is 15.6. The molecule has 2 rings (SSSR count). The molecule has 0 radical (unpaired) electrons. The van der Waals surface area contributed by atoms with Crippen LogP contribution in [0.25, 0.3) is 0 Å². The SMILES string of the molecule is CC(C)(C)NC(=O)c1ccc(NC(=O)CNc2ccccc2C(N)=O)cc1.